The number of aryl methyl sites for hydroxylation is 1. The van der Waals surface area contributed by atoms with Gasteiger partial charge in [-0.25, -0.2) is 0 Å². The van der Waals surface area contributed by atoms with Gasteiger partial charge in [0.2, 0.25) is 0 Å². The SMILES string of the molecule is Cc1ccc(N(c2ccccc2)c2ccc3cc4oc5cc6ccc(N(c7ccccc7)c7ccc([Si](C)(C)C)cc7)cc6cc5c4cc3c2)cc1. The van der Waals surface area contributed by atoms with Crippen molar-refractivity contribution in [3.63, 3.8) is 0 Å². The lowest BCUT2D eigenvalue weighted by Crippen LogP contribution is -2.37. The van der Waals surface area contributed by atoms with Crippen LogP contribution in [0.5, 0.6) is 0 Å². The van der Waals surface area contributed by atoms with E-state index in [1.54, 1.807) is 0 Å². The van der Waals surface area contributed by atoms with Crippen LogP contribution in [0.4, 0.5) is 34.1 Å². The Morgan fingerprint density at radius 1 is 0.385 bits per heavy atom. The van der Waals surface area contributed by atoms with Gasteiger partial charge in [-0.2, -0.15) is 0 Å². The number of benzene rings is 8. The lowest BCUT2D eigenvalue weighted by molar-refractivity contribution is 0.670. The fourth-order valence-corrected chi connectivity index (χ4v) is 8.53. The molecule has 0 spiro atoms. The monoisotopic (exact) mass is 688 g/mol. The molecule has 0 saturated heterocycles. The summed E-state index contributed by atoms with van der Waals surface area (Å²) in [6, 6.07) is 61.6. The predicted octanol–water partition coefficient (Wildman–Crippen LogP) is 13.7. The van der Waals surface area contributed by atoms with Gasteiger partial charge in [0.1, 0.15) is 11.2 Å². The molecule has 0 aliphatic rings. The number of nitrogens with zero attached hydrogens (tertiary/aromatic N) is 2. The molecule has 9 aromatic rings. The van der Waals surface area contributed by atoms with Gasteiger partial charge < -0.3 is 14.2 Å². The molecular weight excluding hydrogens is 649 g/mol. The van der Waals surface area contributed by atoms with Gasteiger partial charge in [0.05, 0.1) is 8.07 Å². The van der Waals surface area contributed by atoms with E-state index in [2.05, 4.69) is 206 Å². The van der Waals surface area contributed by atoms with E-state index in [9.17, 15) is 0 Å². The number of hydrogen-bond acceptors (Lipinski definition) is 3. The number of furan rings is 1. The predicted molar refractivity (Wildman–Crippen MR) is 226 cm³/mol. The lowest BCUT2D eigenvalue weighted by atomic mass is 10.0. The Labute approximate surface area is 306 Å². The molecule has 1 aromatic heterocycles. The second kappa shape index (κ2) is 12.6. The minimum Gasteiger partial charge on any atom is -0.456 e. The van der Waals surface area contributed by atoms with Crippen molar-refractivity contribution in [1.29, 1.82) is 0 Å². The zero-order valence-corrected chi connectivity index (χ0v) is 31.0. The van der Waals surface area contributed by atoms with Crippen molar-refractivity contribution in [3.8, 4) is 0 Å². The molecular formula is C48H40N2OSi. The third-order valence-corrected chi connectivity index (χ3v) is 12.2. The second-order valence-corrected chi connectivity index (χ2v) is 19.9. The Hall–Kier alpha value is -6.10. The largest absolute Gasteiger partial charge is 0.456 e. The van der Waals surface area contributed by atoms with E-state index in [0.29, 0.717) is 0 Å². The van der Waals surface area contributed by atoms with E-state index in [4.69, 9.17) is 4.42 Å². The van der Waals surface area contributed by atoms with Gasteiger partial charge in [-0.3, -0.25) is 0 Å². The molecule has 0 unspecified atom stereocenters. The molecule has 4 heteroatoms. The molecule has 252 valence electrons. The molecule has 0 atom stereocenters. The van der Waals surface area contributed by atoms with E-state index < -0.39 is 8.07 Å². The first-order chi connectivity index (χ1) is 25.3. The summed E-state index contributed by atoms with van der Waals surface area (Å²) in [6.45, 7) is 9.32. The summed E-state index contributed by atoms with van der Waals surface area (Å²) in [6.07, 6.45) is 0. The van der Waals surface area contributed by atoms with Crippen LogP contribution in [0.2, 0.25) is 19.6 Å². The number of fused-ring (bicyclic) bond motifs is 5. The molecule has 9 rings (SSSR count). The summed E-state index contributed by atoms with van der Waals surface area (Å²) in [5.74, 6) is 0. The molecule has 52 heavy (non-hydrogen) atoms. The third-order valence-electron chi connectivity index (χ3n) is 10.2. The summed E-state index contributed by atoms with van der Waals surface area (Å²) in [7, 11) is -1.42. The van der Waals surface area contributed by atoms with E-state index in [1.165, 1.54) is 21.5 Å². The fourth-order valence-electron chi connectivity index (χ4n) is 7.37. The van der Waals surface area contributed by atoms with Crippen LogP contribution in [0.25, 0.3) is 43.5 Å². The van der Waals surface area contributed by atoms with Gasteiger partial charge in [0.25, 0.3) is 0 Å². The van der Waals surface area contributed by atoms with E-state index in [1.807, 2.05) is 0 Å². The van der Waals surface area contributed by atoms with Gasteiger partial charge in [-0.1, -0.05) is 103 Å². The van der Waals surface area contributed by atoms with Crippen LogP contribution in [0.1, 0.15) is 5.56 Å². The summed E-state index contributed by atoms with van der Waals surface area (Å²) in [4.78, 5) is 4.68. The number of para-hydroxylation sites is 2. The standard InChI is InChI=1S/C48H40N2OSi/c1-33-15-19-40(20-16-33)49(38-11-7-5-8-12-38)42-21-17-34-31-47-45(29-36(34)27-42)46-30-37-28-43(22-18-35(37)32-48(46)51-47)50(39-13-9-6-10-14-39)41-23-25-44(26-24-41)52(2,3)4/h5-32H,1-4H3. The third kappa shape index (κ3) is 5.81. The number of anilines is 6. The smallest absolute Gasteiger partial charge is 0.136 e. The zero-order valence-electron chi connectivity index (χ0n) is 30.0. The molecule has 3 nitrogen and oxygen atoms in total. The number of hydrogen-bond donors (Lipinski definition) is 0. The van der Waals surface area contributed by atoms with Crippen molar-refractivity contribution in [2.45, 2.75) is 26.6 Å². The number of rotatable bonds is 7. The van der Waals surface area contributed by atoms with Crippen molar-refractivity contribution in [3.05, 3.63) is 175 Å². The minimum absolute atomic E-state index is 0.901. The Bertz CT molecular complexity index is 2710. The Morgan fingerprint density at radius 3 is 1.23 bits per heavy atom. The summed E-state index contributed by atoms with van der Waals surface area (Å²) in [5.41, 5.74) is 9.82. The molecule has 0 aliphatic carbocycles. The first kappa shape index (κ1) is 31.8. The highest BCUT2D eigenvalue weighted by atomic mass is 28.3. The zero-order chi connectivity index (χ0) is 35.4. The Kier molecular flexibility index (Phi) is 7.71. The average molecular weight is 689 g/mol. The topological polar surface area (TPSA) is 19.6 Å². The molecule has 1 heterocycles. The first-order valence-electron chi connectivity index (χ1n) is 18.0. The molecule has 0 aliphatic heterocycles. The van der Waals surface area contributed by atoms with Gasteiger partial charge in [-0.05, 0) is 126 Å². The summed E-state index contributed by atoms with van der Waals surface area (Å²) < 4.78 is 6.53. The second-order valence-electron chi connectivity index (χ2n) is 14.8. The van der Waals surface area contributed by atoms with Gasteiger partial charge in [-0.15, -0.1) is 0 Å². The van der Waals surface area contributed by atoms with Crippen LogP contribution in [0, 0.1) is 6.92 Å². The molecule has 0 bridgehead atoms. The lowest BCUT2D eigenvalue weighted by Gasteiger charge is -2.27. The van der Waals surface area contributed by atoms with Crippen molar-refractivity contribution in [2.24, 2.45) is 0 Å². The maximum atomic E-state index is 6.53. The fraction of sp³-hybridized carbons (Fsp3) is 0.0833. The van der Waals surface area contributed by atoms with Gasteiger partial charge in [0, 0.05) is 44.9 Å². The maximum Gasteiger partial charge on any atom is 0.136 e. The van der Waals surface area contributed by atoms with Crippen LogP contribution in [0.3, 0.4) is 0 Å². The quantitative estimate of drug-likeness (QED) is 0.155. The molecule has 0 fully saturated rings. The van der Waals surface area contributed by atoms with E-state index >= 15 is 0 Å². The highest BCUT2D eigenvalue weighted by molar-refractivity contribution is 6.88. The summed E-state index contributed by atoms with van der Waals surface area (Å²) >= 11 is 0. The van der Waals surface area contributed by atoms with Crippen molar-refractivity contribution in [1.82, 2.24) is 0 Å². The highest BCUT2D eigenvalue weighted by Gasteiger charge is 2.19. The van der Waals surface area contributed by atoms with Gasteiger partial charge in [0.15, 0.2) is 0 Å². The Balaban J connectivity index is 1.16. The molecule has 8 aromatic carbocycles. The molecule has 0 N–H and O–H groups in total. The van der Waals surface area contributed by atoms with E-state index in [-0.39, 0.29) is 0 Å². The minimum atomic E-state index is -1.42. The molecule has 0 radical (unpaired) electrons. The summed E-state index contributed by atoms with van der Waals surface area (Å²) in [5, 5.41) is 8.35. The molecule has 0 amide bonds. The normalized spacial score (nSPS) is 11.8. The average Bonchev–Trinajstić information content (AvgIpc) is 3.50. The Morgan fingerprint density at radius 2 is 0.788 bits per heavy atom. The highest BCUT2D eigenvalue weighted by Crippen LogP contribution is 2.41. The van der Waals surface area contributed by atoms with Crippen LogP contribution >= 0.6 is 0 Å². The maximum absolute atomic E-state index is 6.53. The van der Waals surface area contributed by atoms with Crippen molar-refractivity contribution < 1.29 is 4.42 Å². The van der Waals surface area contributed by atoms with Crippen LogP contribution in [-0.2, 0) is 0 Å². The van der Waals surface area contributed by atoms with Crippen molar-refractivity contribution >= 4 is 90.9 Å². The molecule has 0 saturated carbocycles. The van der Waals surface area contributed by atoms with E-state index in [0.717, 1.165) is 66.8 Å². The van der Waals surface area contributed by atoms with Crippen LogP contribution < -0.4 is 15.0 Å². The van der Waals surface area contributed by atoms with Crippen LogP contribution in [0.15, 0.2) is 174 Å². The van der Waals surface area contributed by atoms with Crippen molar-refractivity contribution in [2.75, 3.05) is 9.80 Å². The first-order valence-corrected chi connectivity index (χ1v) is 21.5. The van der Waals surface area contributed by atoms with Crippen LogP contribution in [-0.4, -0.2) is 8.07 Å². The van der Waals surface area contributed by atoms with Gasteiger partial charge >= 0.3 is 0 Å².